The second-order valence-electron chi connectivity index (χ2n) is 6.06. The Hall–Kier alpha value is -0.940. The summed E-state index contributed by atoms with van der Waals surface area (Å²) in [4.78, 5) is 2.54. The Morgan fingerprint density at radius 2 is 2.26 bits per heavy atom. The van der Waals surface area contributed by atoms with Crippen LogP contribution in [0.5, 0.6) is 0 Å². The molecular weight excluding hydrogens is 238 g/mol. The third kappa shape index (κ3) is 4.91. The summed E-state index contributed by atoms with van der Waals surface area (Å²) in [5, 5.41) is 11.8. The minimum atomic E-state index is 0.486. The molecule has 0 radical (unpaired) electrons. The van der Waals surface area contributed by atoms with Gasteiger partial charge in [0.2, 0.25) is 0 Å². The fourth-order valence-electron chi connectivity index (χ4n) is 2.57. The molecule has 1 aliphatic heterocycles. The van der Waals surface area contributed by atoms with Crippen molar-refractivity contribution in [2.75, 3.05) is 19.6 Å². The number of nitrogens with zero attached hydrogens (tertiary/aromatic N) is 4. The monoisotopic (exact) mass is 265 g/mol. The number of rotatable bonds is 6. The molecule has 5 nitrogen and oxygen atoms in total. The Labute approximate surface area is 116 Å². The first-order valence-electron chi connectivity index (χ1n) is 7.48. The zero-order valence-corrected chi connectivity index (χ0v) is 12.5. The predicted octanol–water partition coefficient (Wildman–Crippen LogP) is 1.51. The Morgan fingerprint density at radius 3 is 3.00 bits per heavy atom. The van der Waals surface area contributed by atoms with Gasteiger partial charge >= 0.3 is 0 Å². The SMILES string of the molecule is CC1CCCN(CCn2cc(CNC(C)C)nn2)C1. The van der Waals surface area contributed by atoms with Crippen LogP contribution in [0.4, 0.5) is 0 Å². The van der Waals surface area contributed by atoms with Gasteiger partial charge in [-0.15, -0.1) is 5.10 Å². The van der Waals surface area contributed by atoms with E-state index in [1.54, 1.807) is 0 Å². The third-order valence-electron chi connectivity index (χ3n) is 3.66. The first-order chi connectivity index (χ1) is 9.13. The molecule has 19 heavy (non-hydrogen) atoms. The highest BCUT2D eigenvalue weighted by atomic mass is 15.4. The summed E-state index contributed by atoms with van der Waals surface area (Å²) in [7, 11) is 0. The van der Waals surface area contributed by atoms with Crippen molar-refractivity contribution in [1.29, 1.82) is 0 Å². The lowest BCUT2D eigenvalue weighted by Crippen LogP contribution is -2.36. The molecule has 0 spiro atoms. The molecule has 1 aromatic heterocycles. The number of piperidine rings is 1. The van der Waals surface area contributed by atoms with Crippen LogP contribution in [0.3, 0.4) is 0 Å². The lowest BCUT2D eigenvalue weighted by molar-refractivity contribution is 0.176. The summed E-state index contributed by atoms with van der Waals surface area (Å²) < 4.78 is 1.97. The Bertz CT molecular complexity index is 374. The molecule has 0 aliphatic carbocycles. The van der Waals surface area contributed by atoms with Gasteiger partial charge in [0.25, 0.3) is 0 Å². The number of likely N-dealkylation sites (tertiary alicyclic amines) is 1. The molecule has 1 aromatic rings. The molecule has 2 rings (SSSR count). The summed E-state index contributed by atoms with van der Waals surface area (Å²) in [5.74, 6) is 0.843. The van der Waals surface area contributed by atoms with Crippen molar-refractivity contribution in [2.24, 2.45) is 5.92 Å². The van der Waals surface area contributed by atoms with Crippen molar-refractivity contribution in [1.82, 2.24) is 25.2 Å². The number of hydrogen-bond acceptors (Lipinski definition) is 4. The van der Waals surface area contributed by atoms with Gasteiger partial charge in [-0.1, -0.05) is 26.0 Å². The second kappa shape index (κ2) is 7.01. The molecule has 2 heterocycles. The largest absolute Gasteiger partial charge is 0.309 e. The molecule has 1 N–H and O–H groups in total. The molecular formula is C14H27N5. The summed E-state index contributed by atoms with van der Waals surface area (Å²) in [5.41, 5.74) is 1.03. The van der Waals surface area contributed by atoms with E-state index in [0.29, 0.717) is 6.04 Å². The zero-order chi connectivity index (χ0) is 13.7. The van der Waals surface area contributed by atoms with Crippen molar-refractivity contribution in [2.45, 2.75) is 52.7 Å². The van der Waals surface area contributed by atoms with Gasteiger partial charge in [-0.2, -0.15) is 0 Å². The first-order valence-corrected chi connectivity index (χ1v) is 7.48. The van der Waals surface area contributed by atoms with E-state index >= 15 is 0 Å². The highest BCUT2D eigenvalue weighted by Crippen LogP contribution is 2.14. The van der Waals surface area contributed by atoms with Crippen LogP contribution >= 0.6 is 0 Å². The molecule has 0 saturated carbocycles. The van der Waals surface area contributed by atoms with Crippen LogP contribution in [0, 0.1) is 5.92 Å². The van der Waals surface area contributed by atoms with E-state index in [2.05, 4.69) is 47.5 Å². The van der Waals surface area contributed by atoms with Gasteiger partial charge in [-0.05, 0) is 25.3 Å². The van der Waals surface area contributed by atoms with E-state index in [-0.39, 0.29) is 0 Å². The predicted molar refractivity (Wildman–Crippen MR) is 76.8 cm³/mol. The van der Waals surface area contributed by atoms with Gasteiger partial charge < -0.3 is 10.2 Å². The molecule has 1 fully saturated rings. The Kier molecular flexibility index (Phi) is 5.34. The molecule has 108 valence electrons. The average Bonchev–Trinajstić information content (AvgIpc) is 2.82. The quantitative estimate of drug-likeness (QED) is 0.847. The van der Waals surface area contributed by atoms with E-state index in [1.165, 1.54) is 25.9 Å². The smallest absolute Gasteiger partial charge is 0.0964 e. The van der Waals surface area contributed by atoms with E-state index in [1.807, 2.05) is 4.68 Å². The highest BCUT2D eigenvalue weighted by Gasteiger charge is 2.15. The summed E-state index contributed by atoms with van der Waals surface area (Å²) in [6, 6.07) is 0.486. The van der Waals surface area contributed by atoms with E-state index in [4.69, 9.17) is 0 Å². The Morgan fingerprint density at radius 1 is 1.42 bits per heavy atom. The topological polar surface area (TPSA) is 46.0 Å². The van der Waals surface area contributed by atoms with Crippen LogP contribution in [-0.2, 0) is 13.1 Å². The standard InChI is InChI=1S/C14H27N5/c1-12(2)15-9-14-11-19(17-16-14)8-7-18-6-4-5-13(3)10-18/h11-13,15H,4-10H2,1-3H3. The lowest BCUT2D eigenvalue weighted by atomic mass is 10.0. The summed E-state index contributed by atoms with van der Waals surface area (Å²) >= 11 is 0. The number of aromatic nitrogens is 3. The maximum Gasteiger partial charge on any atom is 0.0964 e. The van der Waals surface area contributed by atoms with Crippen molar-refractivity contribution in [3.8, 4) is 0 Å². The molecule has 1 aliphatic rings. The van der Waals surface area contributed by atoms with Crippen LogP contribution in [0.2, 0.25) is 0 Å². The molecule has 1 atom stereocenters. The molecule has 0 amide bonds. The fourth-order valence-corrected chi connectivity index (χ4v) is 2.57. The maximum atomic E-state index is 4.20. The van der Waals surface area contributed by atoms with Crippen LogP contribution in [0.1, 0.15) is 39.3 Å². The average molecular weight is 265 g/mol. The molecule has 5 heteroatoms. The molecule has 0 bridgehead atoms. The van der Waals surface area contributed by atoms with Crippen LogP contribution in [0.25, 0.3) is 0 Å². The van der Waals surface area contributed by atoms with Gasteiger partial charge in [0.05, 0.1) is 12.2 Å². The second-order valence-corrected chi connectivity index (χ2v) is 6.06. The van der Waals surface area contributed by atoms with Crippen molar-refractivity contribution >= 4 is 0 Å². The molecule has 0 aromatic carbocycles. The van der Waals surface area contributed by atoms with Crippen molar-refractivity contribution < 1.29 is 0 Å². The van der Waals surface area contributed by atoms with E-state index in [9.17, 15) is 0 Å². The van der Waals surface area contributed by atoms with Crippen molar-refractivity contribution in [3.05, 3.63) is 11.9 Å². The normalized spacial score (nSPS) is 21.2. The number of nitrogens with one attached hydrogen (secondary N) is 1. The van der Waals surface area contributed by atoms with Gasteiger partial charge in [0, 0.05) is 31.9 Å². The van der Waals surface area contributed by atoms with E-state index < -0.39 is 0 Å². The first kappa shape index (κ1) is 14.5. The minimum Gasteiger partial charge on any atom is -0.309 e. The number of hydrogen-bond donors (Lipinski definition) is 1. The van der Waals surface area contributed by atoms with Gasteiger partial charge in [-0.3, -0.25) is 4.68 Å². The molecule has 1 saturated heterocycles. The molecule has 1 unspecified atom stereocenters. The van der Waals surface area contributed by atoms with Crippen LogP contribution < -0.4 is 5.32 Å². The van der Waals surface area contributed by atoms with Crippen LogP contribution in [-0.4, -0.2) is 45.6 Å². The van der Waals surface area contributed by atoms with E-state index in [0.717, 1.165) is 31.2 Å². The highest BCUT2D eigenvalue weighted by molar-refractivity contribution is 4.91. The van der Waals surface area contributed by atoms with Gasteiger partial charge in [0.15, 0.2) is 0 Å². The minimum absolute atomic E-state index is 0.486. The van der Waals surface area contributed by atoms with Crippen molar-refractivity contribution in [3.63, 3.8) is 0 Å². The van der Waals surface area contributed by atoms with Gasteiger partial charge in [0.1, 0.15) is 0 Å². The Balaban J connectivity index is 1.73. The zero-order valence-electron chi connectivity index (χ0n) is 12.5. The lowest BCUT2D eigenvalue weighted by Gasteiger charge is -2.30. The fraction of sp³-hybridized carbons (Fsp3) is 0.857. The van der Waals surface area contributed by atoms with Gasteiger partial charge in [-0.25, -0.2) is 0 Å². The maximum absolute atomic E-state index is 4.20. The summed E-state index contributed by atoms with van der Waals surface area (Å²) in [6.07, 6.45) is 4.77. The van der Waals surface area contributed by atoms with Crippen LogP contribution in [0.15, 0.2) is 6.20 Å². The summed E-state index contributed by atoms with van der Waals surface area (Å²) in [6.45, 7) is 11.9. The third-order valence-corrected chi connectivity index (χ3v) is 3.66.